The molecule has 2 aromatic rings. The number of rotatable bonds is 8. The molecule has 2 atom stereocenters. The van der Waals surface area contributed by atoms with E-state index in [2.05, 4.69) is 5.32 Å². The average Bonchev–Trinajstić information content (AvgIpc) is 2.86. The Balaban J connectivity index is 1.82. The molecule has 4 rings (SSSR count). The van der Waals surface area contributed by atoms with Crippen LogP contribution in [0.25, 0.3) is 0 Å². The van der Waals surface area contributed by atoms with Gasteiger partial charge in [0.25, 0.3) is 0 Å². The molecule has 1 aliphatic heterocycles. The van der Waals surface area contributed by atoms with Crippen molar-refractivity contribution in [2.24, 2.45) is 0 Å². The minimum atomic E-state index is -0.591. The highest BCUT2D eigenvalue weighted by Crippen LogP contribution is 2.48. The zero-order chi connectivity index (χ0) is 27.6. The Bertz CT molecular complexity index is 1290. The van der Waals surface area contributed by atoms with Gasteiger partial charge in [-0.1, -0.05) is 24.3 Å². The van der Waals surface area contributed by atoms with E-state index in [9.17, 15) is 9.59 Å². The molecule has 0 unspecified atom stereocenters. The number of hydrogen-bond donors (Lipinski definition) is 1. The van der Waals surface area contributed by atoms with Gasteiger partial charge in [0.15, 0.2) is 17.3 Å². The van der Waals surface area contributed by atoms with E-state index in [1.165, 1.54) is 0 Å². The number of ether oxygens (including phenoxy) is 4. The Morgan fingerprint density at radius 3 is 2.29 bits per heavy atom. The third kappa shape index (κ3) is 5.42. The van der Waals surface area contributed by atoms with Crippen LogP contribution in [0, 0.1) is 0 Å². The van der Waals surface area contributed by atoms with Gasteiger partial charge in [-0.3, -0.25) is 4.79 Å². The van der Waals surface area contributed by atoms with Crippen LogP contribution < -0.4 is 19.5 Å². The highest BCUT2D eigenvalue weighted by atomic mass is 16.5. The Labute approximate surface area is 224 Å². The van der Waals surface area contributed by atoms with Gasteiger partial charge >= 0.3 is 5.97 Å². The second-order valence-corrected chi connectivity index (χ2v) is 10.3. The Hall–Kier alpha value is -3.74. The third-order valence-electron chi connectivity index (χ3n) is 6.86. The van der Waals surface area contributed by atoms with E-state index in [0.29, 0.717) is 46.9 Å². The fraction of sp³-hybridized carbons (Fsp3) is 0.419. The minimum Gasteiger partial charge on any atom is -0.493 e. The van der Waals surface area contributed by atoms with E-state index in [1.807, 2.05) is 77.1 Å². The number of Topliss-reactive ketones (excluding diaryl/α,β-unsaturated/α-hetero) is 1. The van der Waals surface area contributed by atoms with Crippen LogP contribution >= 0.6 is 0 Å². The highest BCUT2D eigenvalue weighted by Gasteiger charge is 2.42. The van der Waals surface area contributed by atoms with Crippen LogP contribution in [0.1, 0.15) is 70.4 Å². The van der Waals surface area contributed by atoms with Crippen LogP contribution in [0.4, 0.5) is 0 Å². The molecule has 0 bridgehead atoms. The van der Waals surface area contributed by atoms with Gasteiger partial charge in [0, 0.05) is 29.0 Å². The van der Waals surface area contributed by atoms with Crippen molar-refractivity contribution in [3.05, 3.63) is 76.1 Å². The number of methoxy groups -OCH3 is 2. The summed E-state index contributed by atoms with van der Waals surface area (Å²) in [5, 5.41) is 3.40. The van der Waals surface area contributed by atoms with E-state index in [1.54, 1.807) is 14.2 Å². The fourth-order valence-electron chi connectivity index (χ4n) is 5.32. The number of benzene rings is 2. The molecule has 7 nitrogen and oxygen atoms in total. The van der Waals surface area contributed by atoms with Crippen LogP contribution in [0.2, 0.25) is 0 Å². The summed E-state index contributed by atoms with van der Waals surface area (Å²) in [4.78, 5) is 27.3. The zero-order valence-electron chi connectivity index (χ0n) is 23.2. The van der Waals surface area contributed by atoms with Crippen LogP contribution in [0.3, 0.4) is 0 Å². The van der Waals surface area contributed by atoms with Gasteiger partial charge in [0.1, 0.15) is 5.75 Å². The number of ketones is 1. The van der Waals surface area contributed by atoms with E-state index >= 15 is 0 Å². The molecule has 2 aromatic carbocycles. The largest absolute Gasteiger partial charge is 0.493 e. The van der Waals surface area contributed by atoms with Crippen LogP contribution in [0.5, 0.6) is 17.2 Å². The topological polar surface area (TPSA) is 83.1 Å². The maximum absolute atomic E-state index is 13.9. The van der Waals surface area contributed by atoms with Crippen molar-refractivity contribution in [3.8, 4) is 17.2 Å². The summed E-state index contributed by atoms with van der Waals surface area (Å²) >= 11 is 0. The lowest BCUT2D eigenvalue weighted by molar-refractivity contribution is -0.143. The van der Waals surface area contributed by atoms with Crippen molar-refractivity contribution < 1.29 is 28.5 Å². The molecule has 2 aliphatic rings. The lowest BCUT2D eigenvalue weighted by atomic mass is 9.71. The molecule has 0 amide bonds. The molecule has 0 fully saturated rings. The average molecular weight is 520 g/mol. The van der Waals surface area contributed by atoms with E-state index in [-0.39, 0.29) is 23.9 Å². The number of nitrogens with one attached hydrogen (secondary N) is 1. The SMILES string of the molecule is COc1ccc([C@H]2CC(=O)C3=C(C2)NC(C)=C(C(=O)OC(C)C)[C@@H]3c2ccccc2OC(C)C)cc1OC. The molecule has 1 heterocycles. The smallest absolute Gasteiger partial charge is 0.337 e. The normalized spacial score (nSPS) is 19.3. The Kier molecular flexibility index (Phi) is 8.14. The molecule has 0 radical (unpaired) electrons. The van der Waals surface area contributed by atoms with E-state index in [0.717, 1.165) is 16.8 Å². The second-order valence-electron chi connectivity index (χ2n) is 10.3. The fourth-order valence-corrected chi connectivity index (χ4v) is 5.32. The summed E-state index contributed by atoms with van der Waals surface area (Å²) in [7, 11) is 3.20. The molecule has 7 heteroatoms. The first-order valence-electron chi connectivity index (χ1n) is 13.1. The third-order valence-corrected chi connectivity index (χ3v) is 6.86. The second kappa shape index (κ2) is 11.3. The first-order chi connectivity index (χ1) is 18.1. The Morgan fingerprint density at radius 1 is 0.921 bits per heavy atom. The van der Waals surface area contributed by atoms with Gasteiger partial charge in [0.05, 0.1) is 37.9 Å². The van der Waals surface area contributed by atoms with Gasteiger partial charge in [-0.2, -0.15) is 0 Å². The number of carbonyl (C=O) groups excluding carboxylic acids is 2. The van der Waals surface area contributed by atoms with Crippen molar-refractivity contribution in [2.45, 2.75) is 71.5 Å². The number of para-hydroxylation sites is 1. The summed E-state index contributed by atoms with van der Waals surface area (Å²) in [6.07, 6.45) is 0.562. The van der Waals surface area contributed by atoms with E-state index < -0.39 is 11.9 Å². The van der Waals surface area contributed by atoms with Gasteiger partial charge in [-0.05, 0) is 70.7 Å². The summed E-state index contributed by atoms with van der Waals surface area (Å²) in [5.41, 5.74) is 4.32. The molecule has 202 valence electrons. The van der Waals surface area contributed by atoms with Crippen LogP contribution in [-0.4, -0.2) is 38.2 Å². The zero-order valence-corrected chi connectivity index (χ0v) is 23.2. The molecular formula is C31H37NO6. The van der Waals surface area contributed by atoms with Gasteiger partial charge in [-0.25, -0.2) is 4.79 Å². The summed E-state index contributed by atoms with van der Waals surface area (Å²) < 4.78 is 22.7. The quantitative estimate of drug-likeness (QED) is 0.441. The van der Waals surface area contributed by atoms with Crippen molar-refractivity contribution in [3.63, 3.8) is 0 Å². The lowest BCUT2D eigenvalue weighted by Crippen LogP contribution is -2.36. The molecule has 1 N–H and O–H groups in total. The van der Waals surface area contributed by atoms with Crippen molar-refractivity contribution in [2.75, 3.05) is 14.2 Å². The maximum atomic E-state index is 13.9. The van der Waals surface area contributed by atoms with Gasteiger partial charge < -0.3 is 24.3 Å². The van der Waals surface area contributed by atoms with Crippen LogP contribution in [-0.2, 0) is 14.3 Å². The van der Waals surface area contributed by atoms with E-state index in [4.69, 9.17) is 18.9 Å². The molecule has 0 saturated carbocycles. The van der Waals surface area contributed by atoms with Crippen LogP contribution in [0.15, 0.2) is 65.0 Å². The molecule has 1 aliphatic carbocycles. The Morgan fingerprint density at radius 2 is 1.63 bits per heavy atom. The molecule has 0 saturated heterocycles. The van der Waals surface area contributed by atoms with Crippen molar-refractivity contribution >= 4 is 11.8 Å². The lowest BCUT2D eigenvalue weighted by Gasteiger charge is -2.37. The number of carbonyl (C=O) groups is 2. The first-order valence-corrected chi connectivity index (χ1v) is 13.1. The molecule has 0 aromatic heterocycles. The predicted octanol–water partition coefficient (Wildman–Crippen LogP) is 5.80. The van der Waals surface area contributed by atoms with Gasteiger partial charge in [0.2, 0.25) is 0 Å². The minimum absolute atomic E-state index is 0.00904. The predicted molar refractivity (Wildman–Crippen MR) is 146 cm³/mol. The number of dihydropyridines is 1. The number of esters is 1. The molecule has 38 heavy (non-hydrogen) atoms. The molecular weight excluding hydrogens is 482 g/mol. The number of allylic oxidation sites excluding steroid dienone is 3. The summed E-state index contributed by atoms with van der Waals surface area (Å²) in [6, 6.07) is 13.4. The highest BCUT2D eigenvalue weighted by molar-refractivity contribution is 6.04. The first kappa shape index (κ1) is 27.3. The maximum Gasteiger partial charge on any atom is 0.337 e. The summed E-state index contributed by atoms with van der Waals surface area (Å²) in [6.45, 7) is 9.42. The molecule has 0 spiro atoms. The van der Waals surface area contributed by atoms with Crippen molar-refractivity contribution in [1.82, 2.24) is 5.32 Å². The van der Waals surface area contributed by atoms with Gasteiger partial charge in [-0.15, -0.1) is 0 Å². The summed E-state index contributed by atoms with van der Waals surface area (Å²) in [5.74, 6) is 0.837. The van der Waals surface area contributed by atoms with Crippen molar-refractivity contribution in [1.29, 1.82) is 0 Å². The standard InChI is InChI=1S/C31H37NO6/c1-17(2)37-25-11-9-8-10-22(25)29-28(31(34)38-18(3)4)19(5)32-23-14-21(15-24(33)30(23)29)20-12-13-26(35-6)27(16-20)36-7/h8-13,16-18,21,29,32H,14-15H2,1-7H3/t21-,29+/m1/s1. The monoisotopic (exact) mass is 519 g/mol. The number of hydrogen-bond acceptors (Lipinski definition) is 7.